The van der Waals surface area contributed by atoms with Crippen molar-refractivity contribution in [1.29, 1.82) is 0 Å². The van der Waals surface area contributed by atoms with Gasteiger partial charge in [0.05, 0.1) is 28.3 Å². The van der Waals surface area contributed by atoms with Crippen molar-refractivity contribution >= 4 is 20.0 Å². The van der Waals surface area contributed by atoms with Crippen LogP contribution >= 0.6 is 8.53 Å². The molecule has 2 aromatic rings. The summed E-state index contributed by atoms with van der Waals surface area (Å²) in [6, 6.07) is 5.43. The Balaban J connectivity index is 1.46. The van der Waals surface area contributed by atoms with Crippen LogP contribution in [0.1, 0.15) is 41.6 Å². The topological polar surface area (TPSA) is 133 Å². The number of fused-ring (bicyclic) bond motifs is 2. The number of anilines is 2. The first kappa shape index (κ1) is 26.2. The van der Waals surface area contributed by atoms with E-state index >= 15 is 0 Å². The van der Waals surface area contributed by atoms with Crippen molar-refractivity contribution in [2.24, 2.45) is 5.50 Å². The quantitative estimate of drug-likeness (QED) is 0.124. The first-order valence-electron chi connectivity index (χ1n) is 13.7. The minimum Gasteiger partial charge on any atom is -0.491 e. The number of nitrogens with one attached hydrogen (secondary N) is 1. The lowest BCUT2D eigenvalue weighted by molar-refractivity contribution is -0.0513. The van der Waals surface area contributed by atoms with Gasteiger partial charge in [0.2, 0.25) is 6.54 Å². The molecule has 0 spiro atoms. The Morgan fingerprint density at radius 1 is 1.46 bits per heavy atom. The van der Waals surface area contributed by atoms with E-state index in [2.05, 4.69) is 21.7 Å². The Bertz CT molecular complexity index is 1310. The molecule has 39 heavy (non-hydrogen) atoms. The fourth-order valence-electron chi connectivity index (χ4n) is 4.18. The summed E-state index contributed by atoms with van der Waals surface area (Å²) in [6.45, 7) is 13.4. The molecule has 0 radical (unpaired) electrons. The summed E-state index contributed by atoms with van der Waals surface area (Å²) in [5, 5.41) is 3.16. The second-order valence-electron chi connectivity index (χ2n) is 9.11. The number of allylic oxidation sites excluding steroid dienone is 1. The molecule has 3 N–H and O–H groups in total. The SMILES string of the molecule is [2H]C([3H])OC[C@H]1O[C@@H](n2cc3c(nc2=O)Nc2c(OCCCCC(=C)C)cccc2O3)C[C@H]1OP(N)OCC[N+]#[C-]. The lowest BCUT2D eigenvalue weighted by Crippen LogP contribution is -2.29. The van der Waals surface area contributed by atoms with Gasteiger partial charge in [-0.05, 0) is 38.3 Å². The predicted octanol–water partition coefficient (Wildman–Crippen LogP) is 4.66. The number of ether oxygens (including phenoxy) is 4. The summed E-state index contributed by atoms with van der Waals surface area (Å²) in [4.78, 5) is 20.5. The third-order valence-corrected chi connectivity index (χ3v) is 6.95. The fraction of sp³-hybridized carbons (Fsp3) is 0.500. The maximum atomic E-state index is 13.1. The highest BCUT2D eigenvalue weighted by Gasteiger charge is 2.39. The molecule has 1 fully saturated rings. The lowest BCUT2D eigenvalue weighted by Gasteiger charge is -2.24. The van der Waals surface area contributed by atoms with E-state index < -0.39 is 39.7 Å². The largest absolute Gasteiger partial charge is 0.491 e. The van der Waals surface area contributed by atoms with Gasteiger partial charge >= 0.3 is 5.69 Å². The van der Waals surface area contributed by atoms with Crippen LogP contribution in [0.5, 0.6) is 17.2 Å². The molecule has 1 aromatic carbocycles. The average Bonchev–Trinajstić information content (AvgIpc) is 3.32. The van der Waals surface area contributed by atoms with Crippen LogP contribution in [-0.2, 0) is 18.5 Å². The van der Waals surface area contributed by atoms with Crippen molar-refractivity contribution in [1.82, 2.24) is 9.55 Å². The van der Waals surface area contributed by atoms with Crippen molar-refractivity contribution in [3.05, 3.63) is 58.4 Å². The number of nitrogens with two attached hydrogens (primary N) is 1. The van der Waals surface area contributed by atoms with Crippen LogP contribution in [0.25, 0.3) is 4.85 Å². The van der Waals surface area contributed by atoms with Crippen LogP contribution in [0.3, 0.4) is 0 Å². The van der Waals surface area contributed by atoms with Gasteiger partial charge in [-0.25, -0.2) is 11.4 Å². The highest BCUT2D eigenvalue weighted by molar-refractivity contribution is 7.44. The second kappa shape index (κ2) is 13.8. The summed E-state index contributed by atoms with van der Waals surface area (Å²) in [5.41, 5.74) is 7.09. The van der Waals surface area contributed by atoms with Gasteiger partial charge in [0, 0.05) is 13.5 Å². The Morgan fingerprint density at radius 2 is 2.33 bits per heavy atom. The molecule has 0 aliphatic carbocycles. The van der Waals surface area contributed by atoms with Gasteiger partial charge in [0.15, 0.2) is 17.3 Å². The summed E-state index contributed by atoms with van der Waals surface area (Å²) in [6.07, 6.45) is 2.32. The lowest BCUT2D eigenvalue weighted by atomic mass is 10.1. The molecule has 2 unspecified atom stereocenters. The van der Waals surface area contributed by atoms with Crippen molar-refractivity contribution in [2.45, 2.75) is 51.0 Å². The summed E-state index contributed by atoms with van der Waals surface area (Å²) >= 11 is 0. The standard InChI is InChI=1S/C26H34N5O7P/c1-17(2)8-5-6-12-34-18-9-7-10-19-24(18)29-25-21(36-19)15-31(26(32)30-25)23-14-20(22(37-23)16-33-4)38-39(27)35-13-11-28-3/h7,9-10,15,20,22-23H,1,5-6,8,11-14,16,27H2,2,4H3,(H,29,30,32)/t20-,22-,23-,39?/m1/s1/i4TD/t4?,20-,22-,23-,39?. The Hall–Kier alpha value is -3.04. The number of hydrogen-bond acceptors (Lipinski definition) is 10. The third kappa shape index (κ3) is 7.54. The maximum Gasteiger partial charge on any atom is 0.351 e. The first-order chi connectivity index (χ1) is 19.7. The number of benzene rings is 1. The number of para-hydroxylation sites is 1. The Labute approximate surface area is 231 Å². The summed E-state index contributed by atoms with van der Waals surface area (Å²) < 4.78 is 50.3. The van der Waals surface area contributed by atoms with E-state index in [-0.39, 0.29) is 32.0 Å². The molecule has 0 saturated carbocycles. The number of unbranched alkanes of at least 4 members (excludes halogenated alkanes) is 1. The molecule has 0 bridgehead atoms. The number of nitrogens with zero attached hydrogens (tertiary/aromatic N) is 3. The van der Waals surface area contributed by atoms with Crippen LogP contribution in [-0.4, -0.2) is 55.2 Å². The van der Waals surface area contributed by atoms with E-state index in [0.717, 1.165) is 24.8 Å². The van der Waals surface area contributed by atoms with Crippen LogP contribution in [0, 0.1) is 6.57 Å². The summed E-state index contributed by atoms with van der Waals surface area (Å²) in [5.74, 6) is 1.67. The third-order valence-electron chi connectivity index (χ3n) is 6.04. The van der Waals surface area contributed by atoms with Gasteiger partial charge in [-0.3, -0.25) is 10.1 Å². The van der Waals surface area contributed by atoms with Gasteiger partial charge in [-0.1, -0.05) is 11.6 Å². The minimum atomic E-state index is -1.83. The van der Waals surface area contributed by atoms with Gasteiger partial charge in [0.1, 0.15) is 30.4 Å². The number of methoxy groups -OCH3 is 1. The van der Waals surface area contributed by atoms with Gasteiger partial charge in [-0.15, -0.1) is 6.58 Å². The molecule has 5 atom stereocenters. The van der Waals surface area contributed by atoms with Crippen LogP contribution in [0.4, 0.5) is 11.5 Å². The molecule has 2 aliphatic heterocycles. The second-order valence-corrected chi connectivity index (χ2v) is 10.1. The average molecular weight is 563 g/mol. The van der Waals surface area contributed by atoms with E-state index in [1.807, 2.05) is 19.1 Å². The molecule has 2 aliphatic rings. The van der Waals surface area contributed by atoms with Crippen molar-refractivity contribution in [3.8, 4) is 17.2 Å². The zero-order chi connectivity index (χ0) is 29.4. The molecule has 12 nitrogen and oxygen atoms in total. The van der Waals surface area contributed by atoms with Crippen LogP contribution < -0.4 is 26.0 Å². The minimum absolute atomic E-state index is 0.118. The summed E-state index contributed by atoms with van der Waals surface area (Å²) in [7, 11) is -3.35. The number of aromatic nitrogens is 2. The van der Waals surface area contributed by atoms with E-state index in [1.165, 1.54) is 10.8 Å². The molecule has 4 rings (SSSR count). The molecule has 210 valence electrons. The van der Waals surface area contributed by atoms with Gasteiger partial charge in [0.25, 0.3) is 8.53 Å². The van der Waals surface area contributed by atoms with E-state index in [1.54, 1.807) is 6.07 Å². The van der Waals surface area contributed by atoms with E-state index in [0.29, 0.717) is 29.5 Å². The highest BCUT2D eigenvalue weighted by Crippen LogP contribution is 2.46. The monoisotopic (exact) mass is 562 g/mol. The van der Waals surface area contributed by atoms with E-state index in [9.17, 15) is 4.79 Å². The van der Waals surface area contributed by atoms with Gasteiger partial charge < -0.3 is 38.2 Å². The van der Waals surface area contributed by atoms with Gasteiger partial charge in [-0.2, -0.15) is 4.98 Å². The molecule has 0 amide bonds. The zero-order valence-electron chi connectivity index (χ0n) is 23.7. The van der Waals surface area contributed by atoms with Crippen molar-refractivity contribution in [2.75, 3.05) is 38.7 Å². The van der Waals surface area contributed by atoms with E-state index in [4.69, 9.17) is 42.8 Å². The molecule has 3 heterocycles. The number of hydrogen-bond donors (Lipinski definition) is 2. The molecule has 13 heteroatoms. The molecule has 1 aromatic heterocycles. The molecular formula is C26H34N5O7P. The predicted molar refractivity (Wildman–Crippen MR) is 146 cm³/mol. The smallest absolute Gasteiger partial charge is 0.351 e. The molecule has 1 saturated heterocycles. The number of rotatable bonds is 14. The van der Waals surface area contributed by atoms with Crippen LogP contribution in [0.15, 0.2) is 41.3 Å². The highest BCUT2D eigenvalue weighted by atomic mass is 31.2. The Kier molecular flexibility index (Phi) is 9.30. The van der Waals surface area contributed by atoms with Crippen molar-refractivity contribution < 1.29 is 30.7 Å². The first-order valence-corrected chi connectivity index (χ1v) is 13.8. The molecular weight excluding hydrogens is 525 g/mol. The zero-order valence-corrected chi connectivity index (χ0v) is 22.6. The fourth-order valence-corrected chi connectivity index (χ4v) is 4.99. The maximum absolute atomic E-state index is 13.1. The normalized spacial score (nSPS) is 21.7. The Morgan fingerprint density at radius 3 is 3.13 bits per heavy atom. The van der Waals surface area contributed by atoms with Crippen LogP contribution in [0.2, 0.25) is 0 Å². The van der Waals surface area contributed by atoms with Crippen molar-refractivity contribution in [3.63, 3.8) is 0 Å².